The molecule has 3 nitrogen and oxygen atoms in total. The Morgan fingerprint density at radius 1 is 1.14 bits per heavy atom. The Morgan fingerprint density at radius 2 is 1.81 bits per heavy atom. The number of nitrogens with zero attached hydrogens (tertiary/aromatic N) is 2. The van der Waals surface area contributed by atoms with Gasteiger partial charge < -0.3 is 4.57 Å². The van der Waals surface area contributed by atoms with E-state index < -0.39 is 0 Å². The minimum absolute atomic E-state index is 0.0828. The Labute approximate surface area is 124 Å². The molecular formula is C18H18N2O. The van der Waals surface area contributed by atoms with Crippen molar-refractivity contribution in [3.63, 3.8) is 0 Å². The molecule has 0 bridgehead atoms. The molecule has 2 rings (SSSR count). The molecular weight excluding hydrogens is 260 g/mol. The van der Waals surface area contributed by atoms with Crippen molar-refractivity contribution < 1.29 is 0 Å². The molecule has 21 heavy (non-hydrogen) atoms. The van der Waals surface area contributed by atoms with Gasteiger partial charge in [0.05, 0.1) is 6.07 Å². The van der Waals surface area contributed by atoms with Crippen LogP contribution in [0.3, 0.4) is 0 Å². The van der Waals surface area contributed by atoms with Gasteiger partial charge in [0.25, 0.3) is 5.56 Å². The second-order valence-corrected chi connectivity index (χ2v) is 5.24. The van der Waals surface area contributed by atoms with Crippen LogP contribution in [0.2, 0.25) is 0 Å². The van der Waals surface area contributed by atoms with E-state index in [4.69, 9.17) is 5.26 Å². The quantitative estimate of drug-likeness (QED) is 0.856. The molecule has 0 spiro atoms. The molecule has 0 saturated carbocycles. The normalized spacial score (nSPS) is 11.0. The second-order valence-electron chi connectivity index (χ2n) is 5.24. The van der Waals surface area contributed by atoms with E-state index in [-0.39, 0.29) is 12.1 Å². The van der Waals surface area contributed by atoms with Crippen LogP contribution in [0.15, 0.2) is 47.4 Å². The van der Waals surface area contributed by atoms with Gasteiger partial charge in [0.15, 0.2) is 0 Å². The summed E-state index contributed by atoms with van der Waals surface area (Å²) in [6.45, 7) is 4.42. The molecule has 3 heteroatoms. The molecule has 0 N–H and O–H groups in total. The zero-order valence-electron chi connectivity index (χ0n) is 12.3. The predicted molar refractivity (Wildman–Crippen MR) is 85.8 cm³/mol. The van der Waals surface area contributed by atoms with Crippen molar-refractivity contribution in [1.82, 2.24) is 4.57 Å². The van der Waals surface area contributed by atoms with Gasteiger partial charge in [-0.25, -0.2) is 0 Å². The first-order valence-corrected chi connectivity index (χ1v) is 6.95. The van der Waals surface area contributed by atoms with Crippen LogP contribution in [-0.2, 0) is 6.54 Å². The maximum absolute atomic E-state index is 11.7. The minimum atomic E-state index is -0.158. The summed E-state index contributed by atoms with van der Waals surface area (Å²) in [6, 6.07) is 13.7. The van der Waals surface area contributed by atoms with E-state index in [0.717, 1.165) is 11.1 Å². The van der Waals surface area contributed by atoms with Crippen molar-refractivity contribution in [2.24, 2.45) is 0 Å². The molecule has 1 heterocycles. The topological polar surface area (TPSA) is 45.8 Å². The highest BCUT2D eigenvalue weighted by atomic mass is 16.1. The molecule has 0 atom stereocenters. The van der Waals surface area contributed by atoms with E-state index in [2.05, 4.69) is 38.1 Å². The maximum atomic E-state index is 11.7. The summed E-state index contributed by atoms with van der Waals surface area (Å²) in [7, 11) is 0. The summed E-state index contributed by atoms with van der Waals surface area (Å²) >= 11 is 0. The molecule has 0 aliphatic rings. The highest BCUT2D eigenvalue weighted by molar-refractivity contribution is 5.69. The van der Waals surface area contributed by atoms with Crippen LogP contribution in [0.25, 0.3) is 12.2 Å². The van der Waals surface area contributed by atoms with Crippen molar-refractivity contribution >= 4 is 12.2 Å². The minimum Gasteiger partial charge on any atom is -0.302 e. The Hall–Kier alpha value is -2.60. The lowest BCUT2D eigenvalue weighted by Crippen LogP contribution is -2.17. The third-order valence-corrected chi connectivity index (χ3v) is 3.33. The smallest absolute Gasteiger partial charge is 0.252 e. The summed E-state index contributed by atoms with van der Waals surface area (Å²) in [5, 5.41) is 8.60. The van der Waals surface area contributed by atoms with Crippen LogP contribution in [0.4, 0.5) is 0 Å². The number of pyridine rings is 1. The van der Waals surface area contributed by atoms with Gasteiger partial charge in [-0.3, -0.25) is 4.79 Å². The average Bonchev–Trinajstić information content (AvgIpc) is 2.48. The van der Waals surface area contributed by atoms with Crippen LogP contribution in [0.1, 0.15) is 36.5 Å². The molecule has 0 aliphatic heterocycles. The van der Waals surface area contributed by atoms with Crippen LogP contribution in [-0.4, -0.2) is 4.57 Å². The predicted octanol–water partition coefficient (Wildman–Crippen LogP) is 3.67. The fourth-order valence-electron chi connectivity index (χ4n) is 2.02. The van der Waals surface area contributed by atoms with Crippen molar-refractivity contribution in [3.05, 3.63) is 69.6 Å². The largest absolute Gasteiger partial charge is 0.302 e. The van der Waals surface area contributed by atoms with Crippen LogP contribution in [0.5, 0.6) is 0 Å². The van der Waals surface area contributed by atoms with Gasteiger partial charge in [0.2, 0.25) is 0 Å². The van der Waals surface area contributed by atoms with Gasteiger partial charge in [-0.15, -0.1) is 0 Å². The molecule has 1 aromatic heterocycles. The molecule has 2 aromatic rings. The molecule has 0 amide bonds. The fraction of sp³-hybridized carbons (Fsp3) is 0.222. The second kappa shape index (κ2) is 6.71. The number of rotatable bonds is 4. The first-order chi connectivity index (χ1) is 10.1. The fourth-order valence-corrected chi connectivity index (χ4v) is 2.02. The van der Waals surface area contributed by atoms with Crippen molar-refractivity contribution in [1.29, 1.82) is 5.26 Å². The number of nitriles is 1. The standard InChI is InChI=1S/C18H18N2O/c1-14(2)17-7-5-15(6-8-17)3-4-16-9-11-20(12-10-19)18(21)13-16/h3-9,11,13-14H,12H2,1-2H3/b4-3+. The van der Waals surface area contributed by atoms with E-state index in [1.165, 1.54) is 16.2 Å². The van der Waals surface area contributed by atoms with Gasteiger partial charge in [-0.2, -0.15) is 5.26 Å². The monoisotopic (exact) mass is 278 g/mol. The number of aromatic nitrogens is 1. The lowest BCUT2D eigenvalue weighted by molar-refractivity contribution is 0.787. The van der Waals surface area contributed by atoms with E-state index in [1.807, 2.05) is 24.3 Å². The lowest BCUT2D eigenvalue weighted by atomic mass is 10.0. The Kier molecular flexibility index (Phi) is 4.73. The number of hydrogen-bond donors (Lipinski definition) is 0. The van der Waals surface area contributed by atoms with Crippen LogP contribution >= 0.6 is 0 Å². The number of hydrogen-bond acceptors (Lipinski definition) is 2. The highest BCUT2D eigenvalue weighted by Gasteiger charge is 1.98. The first kappa shape index (κ1) is 14.8. The lowest BCUT2D eigenvalue weighted by Gasteiger charge is -2.04. The van der Waals surface area contributed by atoms with Crippen molar-refractivity contribution in [2.75, 3.05) is 0 Å². The molecule has 0 radical (unpaired) electrons. The Balaban J connectivity index is 2.16. The maximum Gasteiger partial charge on any atom is 0.252 e. The van der Waals surface area contributed by atoms with Gasteiger partial charge >= 0.3 is 0 Å². The molecule has 0 unspecified atom stereocenters. The zero-order valence-corrected chi connectivity index (χ0v) is 12.3. The SMILES string of the molecule is CC(C)c1ccc(/C=C/c2ccn(CC#N)c(=O)c2)cc1. The highest BCUT2D eigenvalue weighted by Crippen LogP contribution is 2.15. The Bertz CT molecular complexity index is 731. The van der Waals surface area contributed by atoms with Gasteiger partial charge in [0, 0.05) is 12.3 Å². The molecule has 106 valence electrons. The van der Waals surface area contributed by atoms with Crippen molar-refractivity contribution in [3.8, 4) is 6.07 Å². The van der Waals surface area contributed by atoms with Gasteiger partial charge in [0.1, 0.15) is 6.54 Å². The van der Waals surface area contributed by atoms with E-state index >= 15 is 0 Å². The van der Waals surface area contributed by atoms with E-state index in [9.17, 15) is 4.79 Å². The number of benzene rings is 1. The summed E-state index contributed by atoms with van der Waals surface area (Å²) in [5.74, 6) is 0.524. The van der Waals surface area contributed by atoms with Crippen LogP contribution < -0.4 is 5.56 Å². The average molecular weight is 278 g/mol. The molecule has 0 aliphatic carbocycles. The summed E-state index contributed by atoms with van der Waals surface area (Å²) in [6.07, 6.45) is 5.53. The van der Waals surface area contributed by atoms with Gasteiger partial charge in [-0.05, 0) is 28.7 Å². The summed E-state index contributed by atoms with van der Waals surface area (Å²) < 4.78 is 1.38. The summed E-state index contributed by atoms with van der Waals surface area (Å²) in [5.41, 5.74) is 3.09. The molecule has 0 saturated heterocycles. The molecule has 1 aromatic carbocycles. The Morgan fingerprint density at radius 3 is 2.38 bits per heavy atom. The van der Waals surface area contributed by atoms with E-state index in [1.54, 1.807) is 6.20 Å². The van der Waals surface area contributed by atoms with E-state index in [0.29, 0.717) is 5.92 Å². The zero-order chi connectivity index (χ0) is 15.2. The third kappa shape index (κ3) is 3.93. The van der Waals surface area contributed by atoms with Gasteiger partial charge in [-0.1, -0.05) is 50.3 Å². The van der Waals surface area contributed by atoms with Crippen LogP contribution in [0, 0.1) is 11.3 Å². The first-order valence-electron chi connectivity index (χ1n) is 6.95. The third-order valence-electron chi connectivity index (χ3n) is 3.33. The molecule has 0 fully saturated rings. The van der Waals surface area contributed by atoms with Crippen molar-refractivity contribution in [2.45, 2.75) is 26.3 Å². The summed E-state index contributed by atoms with van der Waals surface area (Å²) in [4.78, 5) is 11.7.